The Bertz CT molecular complexity index is 631. The summed E-state index contributed by atoms with van der Waals surface area (Å²) in [6.07, 6.45) is 1.08. The van der Waals surface area contributed by atoms with Crippen LogP contribution in [0.1, 0.15) is 30.2 Å². The molecular formula is C15H25N3O4S. The van der Waals surface area contributed by atoms with Crippen LogP contribution >= 0.6 is 0 Å². The summed E-state index contributed by atoms with van der Waals surface area (Å²) in [6, 6.07) is 3.22. The SMILES string of the molecule is CC(C)CN1CCN(C(=O)c2ccc(CNS(C)(=O)=O)o2)CC1. The molecule has 0 radical (unpaired) electrons. The third kappa shape index (κ3) is 5.63. The molecule has 2 heterocycles. The first kappa shape index (κ1) is 18.0. The number of amides is 1. The lowest BCUT2D eigenvalue weighted by molar-refractivity contribution is 0.0591. The van der Waals surface area contributed by atoms with E-state index in [-0.39, 0.29) is 18.2 Å². The van der Waals surface area contributed by atoms with Crippen LogP contribution in [0, 0.1) is 5.92 Å². The summed E-state index contributed by atoms with van der Waals surface area (Å²) in [5, 5.41) is 0. The van der Waals surface area contributed by atoms with Crippen LogP contribution in [0.3, 0.4) is 0 Å². The Kier molecular flexibility index (Phi) is 5.83. The van der Waals surface area contributed by atoms with E-state index in [2.05, 4.69) is 23.5 Å². The molecule has 1 saturated heterocycles. The molecule has 1 aliphatic heterocycles. The van der Waals surface area contributed by atoms with Crippen LogP contribution < -0.4 is 4.72 Å². The number of rotatable bonds is 6. The molecule has 1 aromatic heterocycles. The van der Waals surface area contributed by atoms with E-state index in [4.69, 9.17) is 4.42 Å². The fourth-order valence-electron chi connectivity index (χ4n) is 2.60. The van der Waals surface area contributed by atoms with Gasteiger partial charge in [0.05, 0.1) is 12.8 Å². The van der Waals surface area contributed by atoms with E-state index >= 15 is 0 Å². The molecule has 1 amide bonds. The average Bonchev–Trinajstić information content (AvgIpc) is 2.93. The van der Waals surface area contributed by atoms with Crippen molar-refractivity contribution in [3.05, 3.63) is 23.7 Å². The Morgan fingerprint density at radius 1 is 1.26 bits per heavy atom. The van der Waals surface area contributed by atoms with Gasteiger partial charge in [-0.15, -0.1) is 0 Å². The van der Waals surface area contributed by atoms with Crippen molar-refractivity contribution in [3.63, 3.8) is 0 Å². The van der Waals surface area contributed by atoms with E-state index in [0.29, 0.717) is 24.8 Å². The number of nitrogens with one attached hydrogen (secondary N) is 1. The molecule has 1 aliphatic rings. The van der Waals surface area contributed by atoms with Crippen LogP contribution in [0.5, 0.6) is 0 Å². The third-order valence-electron chi connectivity index (χ3n) is 3.66. The van der Waals surface area contributed by atoms with Crippen LogP contribution in [0.25, 0.3) is 0 Å². The summed E-state index contributed by atoms with van der Waals surface area (Å²) in [4.78, 5) is 16.6. The van der Waals surface area contributed by atoms with Gasteiger partial charge in [-0.1, -0.05) is 13.8 Å². The first-order valence-corrected chi connectivity index (χ1v) is 9.68. The Hall–Kier alpha value is -1.38. The number of nitrogens with zero attached hydrogens (tertiary/aromatic N) is 2. The number of hydrogen-bond donors (Lipinski definition) is 1. The van der Waals surface area contributed by atoms with Gasteiger partial charge in [-0.05, 0) is 18.1 Å². The maximum absolute atomic E-state index is 12.4. The standard InChI is InChI=1S/C15H25N3O4S/c1-12(2)11-17-6-8-18(9-7-17)15(19)14-5-4-13(22-14)10-16-23(3,20)21/h4-5,12,16H,6-11H2,1-3H3. The molecule has 8 heteroatoms. The predicted octanol–water partition coefficient (Wildman–Crippen LogP) is 0.743. The molecule has 1 N–H and O–H groups in total. The number of piperazine rings is 1. The molecule has 2 rings (SSSR count). The lowest BCUT2D eigenvalue weighted by atomic mass is 10.2. The summed E-state index contributed by atoms with van der Waals surface area (Å²) in [6.45, 7) is 8.57. The van der Waals surface area contributed by atoms with Gasteiger partial charge in [0.1, 0.15) is 5.76 Å². The zero-order chi connectivity index (χ0) is 17.0. The summed E-state index contributed by atoms with van der Waals surface area (Å²) in [5.74, 6) is 1.16. The lowest BCUT2D eigenvalue weighted by Crippen LogP contribution is -2.49. The van der Waals surface area contributed by atoms with E-state index in [1.165, 1.54) is 0 Å². The highest BCUT2D eigenvalue weighted by atomic mass is 32.2. The van der Waals surface area contributed by atoms with Crippen molar-refractivity contribution in [2.24, 2.45) is 5.92 Å². The third-order valence-corrected chi connectivity index (χ3v) is 4.33. The Morgan fingerprint density at radius 2 is 1.91 bits per heavy atom. The summed E-state index contributed by atoms with van der Waals surface area (Å²) in [7, 11) is -3.28. The molecule has 0 spiro atoms. The number of sulfonamides is 1. The van der Waals surface area contributed by atoms with Crippen molar-refractivity contribution in [1.82, 2.24) is 14.5 Å². The molecule has 0 atom stereocenters. The highest BCUT2D eigenvalue weighted by Crippen LogP contribution is 2.13. The van der Waals surface area contributed by atoms with Crippen LogP contribution in [0.4, 0.5) is 0 Å². The summed E-state index contributed by atoms with van der Waals surface area (Å²) >= 11 is 0. The zero-order valence-electron chi connectivity index (χ0n) is 13.9. The van der Waals surface area contributed by atoms with E-state index < -0.39 is 10.0 Å². The van der Waals surface area contributed by atoms with Gasteiger partial charge < -0.3 is 9.32 Å². The second kappa shape index (κ2) is 7.46. The minimum atomic E-state index is -3.28. The monoisotopic (exact) mass is 343 g/mol. The molecular weight excluding hydrogens is 318 g/mol. The fraction of sp³-hybridized carbons (Fsp3) is 0.667. The molecule has 0 unspecified atom stereocenters. The molecule has 23 heavy (non-hydrogen) atoms. The molecule has 7 nitrogen and oxygen atoms in total. The largest absolute Gasteiger partial charge is 0.455 e. The summed E-state index contributed by atoms with van der Waals surface area (Å²) < 4.78 is 29.9. The highest BCUT2D eigenvalue weighted by Gasteiger charge is 2.24. The van der Waals surface area contributed by atoms with Crippen molar-refractivity contribution in [2.45, 2.75) is 20.4 Å². The Balaban J connectivity index is 1.88. The van der Waals surface area contributed by atoms with Crippen LogP contribution in [-0.4, -0.2) is 63.1 Å². The first-order chi connectivity index (χ1) is 10.7. The predicted molar refractivity (Wildman–Crippen MR) is 87.6 cm³/mol. The van der Waals surface area contributed by atoms with Gasteiger partial charge in [-0.3, -0.25) is 9.69 Å². The molecule has 130 valence electrons. The zero-order valence-corrected chi connectivity index (χ0v) is 14.7. The van der Waals surface area contributed by atoms with E-state index in [0.717, 1.165) is 25.9 Å². The Morgan fingerprint density at radius 3 is 2.48 bits per heavy atom. The minimum Gasteiger partial charge on any atom is -0.455 e. The van der Waals surface area contributed by atoms with Gasteiger partial charge in [0.2, 0.25) is 10.0 Å². The smallest absolute Gasteiger partial charge is 0.289 e. The quantitative estimate of drug-likeness (QED) is 0.824. The van der Waals surface area contributed by atoms with Crippen molar-refractivity contribution in [1.29, 1.82) is 0 Å². The van der Waals surface area contributed by atoms with Gasteiger partial charge >= 0.3 is 0 Å². The van der Waals surface area contributed by atoms with E-state index in [1.54, 1.807) is 17.0 Å². The molecule has 1 aromatic rings. The van der Waals surface area contributed by atoms with Gasteiger partial charge in [0, 0.05) is 32.7 Å². The van der Waals surface area contributed by atoms with Crippen molar-refractivity contribution < 1.29 is 17.6 Å². The first-order valence-electron chi connectivity index (χ1n) is 7.79. The van der Waals surface area contributed by atoms with Gasteiger partial charge in [-0.2, -0.15) is 0 Å². The molecule has 0 bridgehead atoms. The van der Waals surface area contributed by atoms with Crippen molar-refractivity contribution >= 4 is 15.9 Å². The van der Waals surface area contributed by atoms with Crippen molar-refractivity contribution in [2.75, 3.05) is 39.0 Å². The molecule has 0 aliphatic carbocycles. The van der Waals surface area contributed by atoms with E-state index in [1.807, 2.05) is 0 Å². The summed E-state index contributed by atoms with van der Waals surface area (Å²) in [5.41, 5.74) is 0. The second-order valence-electron chi connectivity index (χ2n) is 6.35. The van der Waals surface area contributed by atoms with Gasteiger partial charge in [0.15, 0.2) is 5.76 Å². The highest BCUT2D eigenvalue weighted by molar-refractivity contribution is 7.88. The van der Waals surface area contributed by atoms with Gasteiger partial charge in [-0.25, -0.2) is 13.1 Å². The topological polar surface area (TPSA) is 82.9 Å². The van der Waals surface area contributed by atoms with E-state index in [9.17, 15) is 13.2 Å². The van der Waals surface area contributed by atoms with Crippen LogP contribution in [0.15, 0.2) is 16.5 Å². The fourth-order valence-corrected chi connectivity index (χ4v) is 3.00. The maximum atomic E-state index is 12.4. The Labute approximate surface area is 137 Å². The normalized spacial score (nSPS) is 17.0. The minimum absolute atomic E-state index is 0.0499. The number of furan rings is 1. The molecule has 1 fully saturated rings. The number of hydrogen-bond acceptors (Lipinski definition) is 5. The number of carbonyl (C=O) groups is 1. The molecule has 0 saturated carbocycles. The number of carbonyl (C=O) groups excluding carboxylic acids is 1. The van der Waals surface area contributed by atoms with Crippen LogP contribution in [0.2, 0.25) is 0 Å². The van der Waals surface area contributed by atoms with Crippen molar-refractivity contribution in [3.8, 4) is 0 Å². The van der Waals surface area contributed by atoms with Gasteiger partial charge in [0.25, 0.3) is 5.91 Å². The lowest BCUT2D eigenvalue weighted by Gasteiger charge is -2.35. The molecule has 0 aromatic carbocycles. The second-order valence-corrected chi connectivity index (χ2v) is 8.18. The maximum Gasteiger partial charge on any atom is 0.289 e. The van der Waals surface area contributed by atoms with Crippen LogP contribution in [-0.2, 0) is 16.6 Å². The average molecular weight is 343 g/mol.